The predicted octanol–water partition coefficient (Wildman–Crippen LogP) is 2.34. The quantitative estimate of drug-likeness (QED) is 0.931. The second-order valence-corrected chi connectivity index (χ2v) is 8.15. The van der Waals surface area contributed by atoms with Gasteiger partial charge in [0.05, 0.1) is 11.7 Å². The van der Waals surface area contributed by atoms with Gasteiger partial charge in [0.15, 0.2) is 0 Å². The summed E-state index contributed by atoms with van der Waals surface area (Å²) in [6.45, 7) is 9.86. The zero-order valence-corrected chi connectivity index (χ0v) is 15.7. The molecule has 0 unspecified atom stereocenters. The van der Waals surface area contributed by atoms with Crippen molar-refractivity contribution in [1.29, 1.82) is 0 Å². The number of hydrogen-bond acceptors (Lipinski definition) is 3. The third kappa shape index (κ3) is 3.72. The van der Waals surface area contributed by atoms with Crippen molar-refractivity contribution in [2.75, 3.05) is 32.7 Å². The summed E-state index contributed by atoms with van der Waals surface area (Å²) < 4.78 is 2.01. The minimum atomic E-state index is -0.354. The largest absolute Gasteiger partial charge is 0.391 e. The van der Waals surface area contributed by atoms with Crippen molar-refractivity contribution in [3.63, 3.8) is 0 Å². The molecule has 1 aliphatic rings. The van der Waals surface area contributed by atoms with Crippen molar-refractivity contribution in [3.05, 3.63) is 36.0 Å². The first kappa shape index (κ1) is 18.0. The average molecular weight is 343 g/mol. The van der Waals surface area contributed by atoms with Crippen LogP contribution in [0.15, 0.2) is 30.5 Å². The molecule has 25 heavy (non-hydrogen) atoms. The van der Waals surface area contributed by atoms with Gasteiger partial charge in [-0.1, -0.05) is 39.0 Å². The molecule has 136 valence electrons. The van der Waals surface area contributed by atoms with Gasteiger partial charge in [-0.2, -0.15) is 0 Å². The molecule has 0 radical (unpaired) electrons. The Labute approximate surface area is 149 Å². The van der Waals surface area contributed by atoms with Crippen molar-refractivity contribution in [3.8, 4) is 0 Å². The molecule has 1 saturated heterocycles. The summed E-state index contributed by atoms with van der Waals surface area (Å²) in [6.07, 6.45) is 1.58. The van der Waals surface area contributed by atoms with E-state index in [4.69, 9.17) is 0 Å². The first-order chi connectivity index (χ1) is 11.8. The molecule has 1 fully saturated rings. The highest BCUT2D eigenvalue weighted by molar-refractivity contribution is 6.07. The van der Waals surface area contributed by atoms with Crippen LogP contribution in [0.4, 0.5) is 0 Å². The number of fused-ring (bicyclic) bond motifs is 1. The number of nitrogens with zero attached hydrogens (tertiary/aromatic N) is 3. The summed E-state index contributed by atoms with van der Waals surface area (Å²) in [5, 5.41) is 11.3. The normalized spacial score (nSPS) is 17.9. The summed E-state index contributed by atoms with van der Waals surface area (Å²) in [5.41, 5.74) is 1.75. The molecule has 0 aliphatic carbocycles. The van der Waals surface area contributed by atoms with E-state index in [-0.39, 0.29) is 17.4 Å². The lowest BCUT2D eigenvalue weighted by Crippen LogP contribution is -2.51. The van der Waals surface area contributed by atoms with Crippen LogP contribution < -0.4 is 0 Å². The highest BCUT2D eigenvalue weighted by atomic mass is 16.3. The maximum Gasteiger partial charge on any atom is 0.256 e. The van der Waals surface area contributed by atoms with E-state index in [9.17, 15) is 9.90 Å². The van der Waals surface area contributed by atoms with E-state index in [0.29, 0.717) is 19.6 Å². The van der Waals surface area contributed by atoms with Gasteiger partial charge in [-0.25, -0.2) is 0 Å². The fraction of sp³-hybridized carbons (Fsp3) is 0.550. The number of para-hydroxylation sites is 1. The van der Waals surface area contributed by atoms with E-state index in [1.807, 2.05) is 47.0 Å². The molecule has 5 nitrogen and oxygen atoms in total. The Bertz CT molecular complexity index is 752. The van der Waals surface area contributed by atoms with E-state index >= 15 is 0 Å². The summed E-state index contributed by atoms with van der Waals surface area (Å²) in [6, 6.07) is 8.03. The zero-order valence-electron chi connectivity index (χ0n) is 15.7. The van der Waals surface area contributed by atoms with Crippen LogP contribution in [0.2, 0.25) is 0 Å². The molecule has 1 N–H and O–H groups in total. The maximum atomic E-state index is 13.0. The summed E-state index contributed by atoms with van der Waals surface area (Å²) in [4.78, 5) is 17.1. The Hall–Kier alpha value is -1.85. The Morgan fingerprint density at radius 2 is 1.80 bits per heavy atom. The minimum Gasteiger partial charge on any atom is -0.391 e. The van der Waals surface area contributed by atoms with Gasteiger partial charge < -0.3 is 14.6 Å². The number of carbonyl (C=O) groups excluding carboxylic acids is 1. The number of hydrogen-bond donors (Lipinski definition) is 1. The highest BCUT2D eigenvalue weighted by Crippen LogP contribution is 2.23. The van der Waals surface area contributed by atoms with E-state index in [0.717, 1.165) is 29.6 Å². The number of aryl methyl sites for hydroxylation is 1. The first-order valence-corrected chi connectivity index (χ1v) is 9.01. The van der Waals surface area contributed by atoms with Gasteiger partial charge in [0.25, 0.3) is 5.91 Å². The van der Waals surface area contributed by atoms with Gasteiger partial charge in [-0.3, -0.25) is 9.69 Å². The van der Waals surface area contributed by atoms with Crippen LogP contribution in [0.1, 0.15) is 31.1 Å². The fourth-order valence-corrected chi connectivity index (χ4v) is 3.33. The molecule has 2 aromatic rings. The lowest BCUT2D eigenvalue weighted by molar-refractivity contribution is 0.0137. The predicted molar refractivity (Wildman–Crippen MR) is 101 cm³/mol. The number of rotatable bonds is 3. The smallest absolute Gasteiger partial charge is 0.256 e. The molecular weight excluding hydrogens is 314 g/mol. The van der Waals surface area contributed by atoms with Gasteiger partial charge in [0.2, 0.25) is 0 Å². The molecule has 1 aliphatic heterocycles. The number of aliphatic hydroxyl groups excluding tert-OH is 1. The van der Waals surface area contributed by atoms with E-state index < -0.39 is 0 Å². The van der Waals surface area contributed by atoms with Crippen LogP contribution in [0.3, 0.4) is 0 Å². The molecule has 3 rings (SSSR count). The fourth-order valence-electron chi connectivity index (χ4n) is 3.33. The molecule has 2 heterocycles. The van der Waals surface area contributed by atoms with Gasteiger partial charge in [0.1, 0.15) is 0 Å². The standard InChI is InChI=1S/C20H29N3O2/c1-20(2,3)18(24)14-22-9-11-23(12-10-22)19(25)16-13-21(4)17-8-6-5-7-15(16)17/h5-8,13,18,24H,9-12,14H2,1-4H3/t18-/m0/s1. The number of amides is 1. The molecule has 1 amide bonds. The number of β-amino-alcohol motifs (C(OH)–C–C–N with tert-alkyl or cyclic N) is 1. The monoisotopic (exact) mass is 343 g/mol. The highest BCUT2D eigenvalue weighted by Gasteiger charge is 2.28. The molecule has 0 bridgehead atoms. The summed E-state index contributed by atoms with van der Waals surface area (Å²) in [7, 11) is 1.98. The van der Waals surface area contributed by atoms with Gasteiger partial charge in [-0.15, -0.1) is 0 Å². The molecule has 0 spiro atoms. The van der Waals surface area contributed by atoms with Crippen molar-refractivity contribution in [1.82, 2.24) is 14.4 Å². The summed E-state index contributed by atoms with van der Waals surface area (Å²) in [5.74, 6) is 0.104. The molecule has 1 atom stereocenters. The number of carbonyl (C=O) groups is 1. The topological polar surface area (TPSA) is 48.7 Å². The maximum absolute atomic E-state index is 13.0. The number of benzene rings is 1. The number of piperazine rings is 1. The molecular formula is C20H29N3O2. The Morgan fingerprint density at radius 3 is 2.44 bits per heavy atom. The molecule has 1 aromatic heterocycles. The lowest BCUT2D eigenvalue weighted by Gasteiger charge is -2.38. The Balaban J connectivity index is 1.66. The van der Waals surface area contributed by atoms with Crippen LogP contribution in [-0.2, 0) is 7.05 Å². The second-order valence-electron chi connectivity index (χ2n) is 8.15. The van der Waals surface area contributed by atoms with Crippen molar-refractivity contribution in [2.45, 2.75) is 26.9 Å². The minimum absolute atomic E-state index is 0.104. The lowest BCUT2D eigenvalue weighted by atomic mass is 9.89. The van der Waals surface area contributed by atoms with Gasteiger partial charge in [0, 0.05) is 56.9 Å². The SMILES string of the molecule is Cn1cc(C(=O)N2CCN(C[C@H](O)C(C)(C)C)CC2)c2ccccc21. The number of aromatic nitrogens is 1. The zero-order chi connectivity index (χ0) is 18.2. The molecule has 5 heteroatoms. The van der Waals surface area contributed by atoms with Gasteiger partial charge in [-0.05, 0) is 11.5 Å². The molecule has 1 aromatic carbocycles. The van der Waals surface area contributed by atoms with Crippen molar-refractivity contribution in [2.24, 2.45) is 12.5 Å². The molecule has 0 saturated carbocycles. The second kappa shape index (κ2) is 6.81. The van der Waals surface area contributed by atoms with E-state index in [1.54, 1.807) is 0 Å². The van der Waals surface area contributed by atoms with Crippen LogP contribution in [-0.4, -0.2) is 64.2 Å². The third-order valence-electron chi connectivity index (χ3n) is 5.22. The van der Waals surface area contributed by atoms with Crippen LogP contribution in [0.25, 0.3) is 10.9 Å². The Kier molecular flexibility index (Phi) is 4.89. The number of aliphatic hydroxyl groups is 1. The first-order valence-electron chi connectivity index (χ1n) is 9.01. The Morgan fingerprint density at radius 1 is 1.16 bits per heavy atom. The van der Waals surface area contributed by atoms with Crippen LogP contribution in [0, 0.1) is 5.41 Å². The van der Waals surface area contributed by atoms with Gasteiger partial charge >= 0.3 is 0 Å². The van der Waals surface area contributed by atoms with E-state index in [2.05, 4.69) is 25.7 Å². The average Bonchev–Trinajstić information content (AvgIpc) is 2.91. The van der Waals surface area contributed by atoms with Crippen LogP contribution >= 0.6 is 0 Å². The summed E-state index contributed by atoms with van der Waals surface area (Å²) >= 11 is 0. The van der Waals surface area contributed by atoms with Crippen molar-refractivity contribution < 1.29 is 9.90 Å². The van der Waals surface area contributed by atoms with Crippen LogP contribution in [0.5, 0.6) is 0 Å². The third-order valence-corrected chi connectivity index (χ3v) is 5.22. The van der Waals surface area contributed by atoms with E-state index in [1.165, 1.54) is 0 Å². The van der Waals surface area contributed by atoms with Crippen molar-refractivity contribution >= 4 is 16.8 Å².